The highest BCUT2D eigenvalue weighted by Gasteiger charge is 2.57. The molecule has 9 atom stereocenters. The monoisotopic (exact) mass is 572 g/mol. The van der Waals surface area contributed by atoms with Crippen LogP contribution in [0.15, 0.2) is 10.2 Å². The van der Waals surface area contributed by atoms with Gasteiger partial charge in [-0.1, -0.05) is 6.58 Å². The number of carbonyl (C=O) groups is 2. The lowest BCUT2D eigenvalue weighted by Gasteiger charge is -2.46. The van der Waals surface area contributed by atoms with E-state index in [2.05, 4.69) is 33.9 Å². The lowest BCUT2D eigenvalue weighted by Crippen LogP contribution is -2.61. The molecular weight excluding hydrogens is 543 g/mol. The smallest absolute Gasteiger partial charge is 0.308 e. The number of carbonyl (C=O) groups excluding carboxylic acids is 2. The fourth-order valence-electron chi connectivity index (χ4n) is 4.50. The number of allylic oxidation sites excluding steroid dienone is 1. The highest BCUT2D eigenvalue weighted by molar-refractivity contribution is 14.1. The lowest BCUT2D eigenvalue weighted by atomic mass is 9.87. The molecule has 3 aliphatic heterocycles. The Morgan fingerprint density at radius 3 is 2.52 bits per heavy atom. The minimum absolute atomic E-state index is 0.0280. The highest BCUT2D eigenvalue weighted by atomic mass is 127. The molecule has 31 heavy (non-hydrogen) atoms. The van der Waals surface area contributed by atoms with Crippen LogP contribution < -0.4 is 0 Å². The fraction of sp³-hybridized carbons (Fsp3) is 0.810. The molecule has 0 aliphatic carbocycles. The normalized spacial score (nSPS) is 38.1. The zero-order valence-electron chi connectivity index (χ0n) is 17.5. The third kappa shape index (κ3) is 6.39. The number of esters is 1. The second-order valence-corrected chi connectivity index (χ2v) is 10.6. The van der Waals surface area contributed by atoms with Crippen LogP contribution in [0, 0.1) is 0 Å². The summed E-state index contributed by atoms with van der Waals surface area (Å²) in [6.45, 7) is 3.81. The molecule has 176 valence electrons. The molecule has 2 N–H and O–H groups in total. The van der Waals surface area contributed by atoms with E-state index in [0.717, 1.165) is 3.58 Å². The number of ketones is 1. The van der Waals surface area contributed by atoms with Crippen LogP contribution in [-0.4, -0.2) is 83.3 Å². The minimum atomic E-state index is -1.03. The van der Waals surface area contributed by atoms with Gasteiger partial charge in [-0.3, -0.25) is 9.59 Å². The SMILES string of the molecule is C=C(I)C[C@H](Cl)CCC(=O)CC1OC2C(O[C@H]3CCC(CC(=O)OC)O[C@@H]3C2O)C1O. The van der Waals surface area contributed by atoms with Gasteiger partial charge in [-0.15, -0.1) is 11.6 Å². The van der Waals surface area contributed by atoms with Crippen LogP contribution in [0.1, 0.15) is 44.9 Å². The van der Waals surface area contributed by atoms with Gasteiger partial charge < -0.3 is 29.2 Å². The third-order valence-corrected chi connectivity index (χ3v) is 6.91. The first-order valence-corrected chi connectivity index (χ1v) is 12.1. The molecule has 3 heterocycles. The van der Waals surface area contributed by atoms with Crippen LogP contribution in [0.3, 0.4) is 0 Å². The first-order chi connectivity index (χ1) is 14.7. The minimum Gasteiger partial charge on any atom is -0.469 e. The van der Waals surface area contributed by atoms with Crippen molar-refractivity contribution in [2.45, 2.75) is 99.2 Å². The molecule has 0 bridgehead atoms. The van der Waals surface area contributed by atoms with Gasteiger partial charge in [-0.05, 0) is 51.9 Å². The second-order valence-electron chi connectivity index (χ2n) is 8.44. The van der Waals surface area contributed by atoms with E-state index in [1.54, 1.807) is 0 Å². The molecule has 0 radical (unpaired) electrons. The molecule has 0 aromatic carbocycles. The number of halogens is 2. The van der Waals surface area contributed by atoms with E-state index >= 15 is 0 Å². The van der Waals surface area contributed by atoms with Crippen molar-refractivity contribution in [3.8, 4) is 0 Å². The van der Waals surface area contributed by atoms with Gasteiger partial charge in [0, 0.05) is 18.2 Å². The lowest BCUT2D eigenvalue weighted by molar-refractivity contribution is -0.259. The maximum absolute atomic E-state index is 12.4. The highest BCUT2D eigenvalue weighted by Crippen LogP contribution is 2.40. The van der Waals surface area contributed by atoms with E-state index in [1.807, 2.05) is 0 Å². The number of aliphatic hydroxyl groups is 2. The van der Waals surface area contributed by atoms with E-state index in [4.69, 9.17) is 25.8 Å². The van der Waals surface area contributed by atoms with Crippen LogP contribution in [0.2, 0.25) is 0 Å². The number of ether oxygens (including phenoxy) is 4. The van der Waals surface area contributed by atoms with Crippen LogP contribution in [0.25, 0.3) is 0 Å². The van der Waals surface area contributed by atoms with Gasteiger partial charge in [0.1, 0.15) is 36.3 Å². The first-order valence-electron chi connectivity index (χ1n) is 10.6. The molecule has 3 aliphatic rings. The molecule has 0 spiro atoms. The van der Waals surface area contributed by atoms with Crippen molar-refractivity contribution in [2.24, 2.45) is 0 Å². The summed E-state index contributed by atoms with van der Waals surface area (Å²) in [7, 11) is 1.32. The number of methoxy groups -OCH3 is 1. The maximum atomic E-state index is 12.4. The molecule has 0 aromatic heterocycles. The maximum Gasteiger partial charge on any atom is 0.308 e. The van der Waals surface area contributed by atoms with Crippen molar-refractivity contribution in [3.05, 3.63) is 10.2 Å². The molecule has 10 heteroatoms. The van der Waals surface area contributed by atoms with E-state index in [1.165, 1.54) is 7.11 Å². The summed E-state index contributed by atoms with van der Waals surface area (Å²) in [4.78, 5) is 23.9. The Balaban J connectivity index is 1.54. The van der Waals surface area contributed by atoms with E-state index < -0.39 is 42.7 Å². The van der Waals surface area contributed by atoms with Crippen molar-refractivity contribution in [1.82, 2.24) is 0 Å². The number of Topliss-reactive ketones (excluding diaryl/α,β-unsaturated/α-hetero) is 1. The third-order valence-electron chi connectivity index (χ3n) is 6.10. The summed E-state index contributed by atoms with van der Waals surface area (Å²) in [6.07, 6.45) is -3.00. The quantitative estimate of drug-likeness (QED) is 0.245. The van der Waals surface area contributed by atoms with Gasteiger partial charge in [0.15, 0.2) is 0 Å². The number of alkyl halides is 1. The standard InChI is InChI=1S/C21H30ClIO8/c1-10(23)7-11(22)3-4-12(24)8-15-17(26)20-21(31-15)18(27)19-14(30-20)6-5-13(29-19)9-16(25)28-2/h11,13-15,17-21,26-27H,1,3-9H2,2H3/t11-,13?,14+,15?,17?,18?,19+,20?,21?/m1/s1. The topological polar surface area (TPSA) is 112 Å². The van der Waals surface area contributed by atoms with Gasteiger partial charge in [-0.25, -0.2) is 0 Å². The molecule has 6 unspecified atom stereocenters. The van der Waals surface area contributed by atoms with Crippen molar-refractivity contribution >= 4 is 45.9 Å². The number of hydrogen-bond donors (Lipinski definition) is 2. The summed E-state index contributed by atoms with van der Waals surface area (Å²) in [5.74, 6) is -0.436. The molecule has 0 amide bonds. The van der Waals surface area contributed by atoms with Crippen molar-refractivity contribution in [1.29, 1.82) is 0 Å². The summed E-state index contributed by atoms with van der Waals surface area (Å²) in [5, 5.41) is 21.4. The fourth-order valence-corrected chi connectivity index (χ4v) is 5.59. The summed E-state index contributed by atoms with van der Waals surface area (Å²) < 4.78 is 23.4. The molecular formula is C21H30ClIO8. The van der Waals surface area contributed by atoms with E-state index in [0.29, 0.717) is 25.7 Å². The average molecular weight is 573 g/mol. The van der Waals surface area contributed by atoms with Crippen LogP contribution in [-0.2, 0) is 28.5 Å². The Bertz CT molecular complexity index is 676. The Morgan fingerprint density at radius 2 is 1.84 bits per heavy atom. The molecule has 0 saturated carbocycles. The van der Waals surface area contributed by atoms with Crippen LogP contribution in [0.4, 0.5) is 0 Å². The Labute approximate surface area is 200 Å². The predicted octanol–water partition coefficient (Wildman–Crippen LogP) is 2.04. The summed E-state index contributed by atoms with van der Waals surface area (Å²) in [5.41, 5.74) is 0. The van der Waals surface area contributed by atoms with Gasteiger partial charge >= 0.3 is 5.97 Å². The number of hydrogen-bond acceptors (Lipinski definition) is 8. The molecule has 8 nitrogen and oxygen atoms in total. The molecule has 3 saturated heterocycles. The summed E-state index contributed by atoms with van der Waals surface area (Å²) >= 11 is 8.32. The van der Waals surface area contributed by atoms with Crippen LogP contribution in [0.5, 0.6) is 0 Å². The van der Waals surface area contributed by atoms with Gasteiger partial charge in [0.2, 0.25) is 0 Å². The largest absolute Gasteiger partial charge is 0.469 e. The van der Waals surface area contributed by atoms with Crippen molar-refractivity contribution in [2.75, 3.05) is 7.11 Å². The van der Waals surface area contributed by atoms with Crippen LogP contribution >= 0.6 is 34.2 Å². The van der Waals surface area contributed by atoms with E-state index in [9.17, 15) is 19.8 Å². The van der Waals surface area contributed by atoms with Gasteiger partial charge in [0.05, 0.1) is 31.8 Å². The Kier molecular flexibility index (Phi) is 9.16. The number of rotatable bonds is 9. The first kappa shape index (κ1) is 25.3. The number of aliphatic hydroxyl groups excluding tert-OH is 2. The van der Waals surface area contributed by atoms with Crippen molar-refractivity contribution < 1.29 is 38.7 Å². The van der Waals surface area contributed by atoms with E-state index in [-0.39, 0.29) is 42.5 Å². The Hall–Kier alpha value is -0.300. The molecule has 3 fully saturated rings. The van der Waals surface area contributed by atoms with Gasteiger partial charge in [0.25, 0.3) is 0 Å². The Morgan fingerprint density at radius 1 is 1.13 bits per heavy atom. The van der Waals surface area contributed by atoms with Crippen molar-refractivity contribution in [3.63, 3.8) is 0 Å². The zero-order valence-corrected chi connectivity index (χ0v) is 20.4. The molecule has 0 aromatic rings. The number of fused-ring (bicyclic) bond motifs is 2. The molecule has 3 rings (SSSR count). The zero-order chi connectivity index (χ0) is 22.7. The average Bonchev–Trinajstić information content (AvgIpc) is 3.02. The predicted molar refractivity (Wildman–Crippen MR) is 120 cm³/mol. The second kappa shape index (κ2) is 11.2. The van der Waals surface area contributed by atoms with Gasteiger partial charge in [-0.2, -0.15) is 0 Å². The summed E-state index contributed by atoms with van der Waals surface area (Å²) in [6, 6.07) is 0.